The number of benzene rings is 1. The Labute approximate surface area is 199 Å². The van der Waals surface area contributed by atoms with E-state index in [1.165, 1.54) is 12.1 Å². The van der Waals surface area contributed by atoms with Crippen molar-refractivity contribution in [3.05, 3.63) is 46.7 Å². The summed E-state index contributed by atoms with van der Waals surface area (Å²) in [5.74, 6) is -0.792. The maximum atomic E-state index is 12.7. The van der Waals surface area contributed by atoms with E-state index in [1.807, 2.05) is 6.92 Å². The lowest BCUT2D eigenvalue weighted by molar-refractivity contribution is -0.113. The standard InChI is InChI=1S/C20H23N5O5S3/c1-4-25-15(12-33(28,29)14-9-7-6-8-10-14)23-24-20(25)31-11-16(26)22-19-21-13(3)17(32-19)18(27)30-5-2/h6-10H,4-5,11-12H2,1-3H3,(H,21,22,26). The number of ether oxygens (including phenoxy) is 1. The molecule has 0 aliphatic rings. The van der Waals surface area contributed by atoms with E-state index in [0.29, 0.717) is 33.2 Å². The van der Waals surface area contributed by atoms with Gasteiger partial charge in [0.05, 0.1) is 22.9 Å². The summed E-state index contributed by atoms with van der Waals surface area (Å²) in [6.07, 6.45) is 0. The number of hydrogen-bond donors (Lipinski definition) is 1. The maximum absolute atomic E-state index is 12.7. The number of sulfone groups is 1. The van der Waals surface area contributed by atoms with Crippen LogP contribution in [0.3, 0.4) is 0 Å². The highest BCUT2D eigenvalue weighted by Gasteiger charge is 2.22. The topological polar surface area (TPSA) is 133 Å². The fourth-order valence-electron chi connectivity index (χ4n) is 2.85. The molecule has 1 aromatic carbocycles. The third kappa shape index (κ3) is 6.18. The van der Waals surface area contributed by atoms with Gasteiger partial charge in [-0.2, -0.15) is 0 Å². The summed E-state index contributed by atoms with van der Waals surface area (Å²) >= 11 is 2.18. The monoisotopic (exact) mass is 509 g/mol. The summed E-state index contributed by atoms with van der Waals surface area (Å²) in [6.45, 7) is 5.93. The molecule has 1 N–H and O–H groups in total. The highest BCUT2D eigenvalue weighted by Crippen LogP contribution is 2.25. The van der Waals surface area contributed by atoms with Crippen LogP contribution in [-0.2, 0) is 31.7 Å². The van der Waals surface area contributed by atoms with Crippen LogP contribution in [0.1, 0.15) is 35.0 Å². The zero-order valence-corrected chi connectivity index (χ0v) is 20.7. The number of hydrogen-bond acceptors (Lipinski definition) is 10. The van der Waals surface area contributed by atoms with Crippen molar-refractivity contribution in [2.45, 2.75) is 43.1 Å². The Balaban J connectivity index is 1.64. The van der Waals surface area contributed by atoms with E-state index in [0.717, 1.165) is 23.1 Å². The molecule has 0 spiro atoms. The average Bonchev–Trinajstić information content (AvgIpc) is 3.34. The molecule has 2 aromatic heterocycles. The van der Waals surface area contributed by atoms with Crippen LogP contribution in [0, 0.1) is 6.92 Å². The molecule has 0 bridgehead atoms. The van der Waals surface area contributed by atoms with E-state index in [4.69, 9.17) is 4.74 Å². The quantitative estimate of drug-likeness (QED) is 0.323. The van der Waals surface area contributed by atoms with Crippen LogP contribution in [0.4, 0.5) is 5.13 Å². The molecule has 1 amide bonds. The predicted molar refractivity (Wildman–Crippen MR) is 125 cm³/mol. The number of carbonyl (C=O) groups excluding carboxylic acids is 2. The fourth-order valence-corrected chi connectivity index (χ4v) is 5.84. The molecule has 10 nitrogen and oxygen atoms in total. The number of rotatable bonds is 10. The van der Waals surface area contributed by atoms with Crippen LogP contribution in [0.15, 0.2) is 40.4 Å². The molecule has 2 heterocycles. The second-order valence-electron chi connectivity index (χ2n) is 6.71. The molecule has 13 heteroatoms. The van der Waals surface area contributed by atoms with Crippen molar-refractivity contribution in [2.75, 3.05) is 17.7 Å². The number of amides is 1. The van der Waals surface area contributed by atoms with Gasteiger partial charge in [0.15, 0.2) is 20.1 Å². The summed E-state index contributed by atoms with van der Waals surface area (Å²) in [7, 11) is -3.57. The van der Waals surface area contributed by atoms with Crippen molar-refractivity contribution in [1.29, 1.82) is 0 Å². The first-order valence-corrected chi connectivity index (χ1v) is 13.5. The SMILES string of the molecule is CCOC(=O)c1sc(NC(=O)CSc2nnc(CS(=O)(=O)c3ccccc3)n2CC)nc1C. The Kier molecular flexibility index (Phi) is 8.21. The largest absolute Gasteiger partial charge is 0.462 e. The maximum Gasteiger partial charge on any atom is 0.350 e. The van der Waals surface area contributed by atoms with Gasteiger partial charge in [-0.25, -0.2) is 18.2 Å². The van der Waals surface area contributed by atoms with E-state index in [2.05, 4.69) is 20.5 Å². The van der Waals surface area contributed by atoms with Gasteiger partial charge in [0.1, 0.15) is 16.5 Å². The van der Waals surface area contributed by atoms with Crippen LogP contribution < -0.4 is 5.32 Å². The van der Waals surface area contributed by atoms with Gasteiger partial charge in [-0.3, -0.25) is 4.79 Å². The summed E-state index contributed by atoms with van der Waals surface area (Å²) in [5.41, 5.74) is 0.483. The molecule has 33 heavy (non-hydrogen) atoms. The van der Waals surface area contributed by atoms with Crippen LogP contribution in [0.25, 0.3) is 0 Å². The molecule has 3 rings (SSSR count). The van der Waals surface area contributed by atoms with Crippen LogP contribution in [-0.4, -0.2) is 52.4 Å². The third-order valence-corrected chi connectivity index (χ3v) is 8.02. The van der Waals surface area contributed by atoms with Gasteiger partial charge in [0, 0.05) is 6.54 Å². The molecule has 0 aliphatic heterocycles. The third-order valence-electron chi connectivity index (χ3n) is 4.37. The molecule has 0 aliphatic carbocycles. The van der Waals surface area contributed by atoms with Crippen molar-refractivity contribution in [2.24, 2.45) is 0 Å². The van der Waals surface area contributed by atoms with Gasteiger partial charge in [-0.05, 0) is 32.9 Å². The molecule has 0 saturated carbocycles. The van der Waals surface area contributed by atoms with Crippen molar-refractivity contribution >= 4 is 49.9 Å². The van der Waals surface area contributed by atoms with Crippen LogP contribution in [0.2, 0.25) is 0 Å². The minimum absolute atomic E-state index is 0.0108. The number of nitrogens with one attached hydrogen (secondary N) is 1. The number of esters is 1. The lowest BCUT2D eigenvalue weighted by atomic mass is 10.4. The van der Waals surface area contributed by atoms with E-state index >= 15 is 0 Å². The molecular weight excluding hydrogens is 486 g/mol. The number of anilines is 1. The van der Waals surface area contributed by atoms with E-state index < -0.39 is 15.8 Å². The van der Waals surface area contributed by atoms with Crippen molar-refractivity contribution < 1.29 is 22.7 Å². The van der Waals surface area contributed by atoms with Gasteiger partial charge < -0.3 is 14.6 Å². The second kappa shape index (κ2) is 10.9. The first-order valence-electron chi connectivity index (χ1n) is 10.0. The van der Waals surface area contributed by atoms with Gasteiger partial charge >= 0.3 is 5.97 Å². The number of thioether (sulfide) groups is 1. The molecule has 0 unspecified atom stereocenters. The Morgan fingerprint density at radius 3 is 2.58 bits per heavy atom. The van der Waals surface area contributed by atoms with Gasteiger partial charge in [0.25, 0.3) is 0 Å². The van der Waals surface area contributed by atoms with Crippen molar-refractivity contribution in [3.63, 3.8) is 0 Å². The number of aryl methyl sites for hydroxylation is 1. The Bertz CT molecular complexity index is 1240. The van der Waals surface area contributed by atoms with Crippen molar-refractivity contribution in [3.8, 4) is 0 Å². The molecule has 0 saturated heterocycles. The minimum Gasteiger partial charge on any atom is -0.462 e. The molecule has 3 aromatic rings. The number of aromatic nitrogens is 4. The zero-order chi connectivity index (χ0) is 24.0. The lowest BCUT2D eigenvalue weighted by Gasteiger charge is -2.08. The molecule has 176 valence electrons. The predicted octanol–water partition coefficient (Wildman–Crippen LogP) is 2.94. The number of nitrogens with zero attached hydrogens (tertiary/aromatic N) is 4. The van der Waals surface area contributed by atoms with Gasteiger partial charge in [0.2, 0.25) is 5.91 Å². The Morgan fingerprint density at radius 2 is 1.91 bits per heavy atom. The molecule has 0 radical (unpaired) electrons. The fraction of sp³-hybridized carbons (Fsp3) is 0.350. The van der Waals surface area contributed by atoms with Crippen molar-refractivity contribution in [1.82, 2.24) is 19.7 Å². The van der Waals surface area contributed by atoms with E-state index in [9.17, 15) is 18.0 Å². The smallest absolute Gasteiger partial charge is 0.350 e. The number of carbonyl (C=O) groups is 2. The summed E-state index contributed by atoms with van der Waals surface area (Å²) in [4.78, 5) is 29.0. The van der Waals surface area contributed by atoms with Crippen LogP contribution >= 0.6 is 23.1 Å². The van der Waals surface area contributed by atoms with E-state index in [1.54, 1.807) is 36.6 Å². The lowest BCUT2D eigenvalue weighted by Crippen LogP contribution is -2.15. The summed E-state index contributed by atoms with van der Waals surface area (Å²) in [6, 6.07) is 8.15. The van der Waals surface area contributed by atoms with Gasteiger partial charge in [-0.1, -0.05) is 41.3 Å². The Morgan fingerprint density at radius 1 is 1.18 bits per heavy atom. The first-order chi connectivity index (χ1) is 15.7. The molecule has 0 fully saturated rings. The second-order valence-corrected chi connectivity index (χ2v) is 10.6. The normalized spacial score (nSPS) is 11.4. The zero-order valence-electron chi connectivity index (χ0n) is 18.3. The van der Waals surface area contributed by atoms with Gasteiger partial charge in [-0.15, -0.1) is 10.2 Å². The summed E-state index contributed by atoms with van der Waals surface area (Å²) in [5, 5.41) is 11.5. The first kappa shape index (κ1) is 24.9. The highest BCUT2D eigenvalue weighted by atomic mass is 32.2. The van der Waals surface area contributed by atoms with Crippen LogP contribution in [0.5, 0.6) is 0 Å². The minimum atomic E-state index is -3.57. The van der Waals surface area contributed by atoms with E-state index in [-0.39, 0.29) is 28.9 Å². The number of thiazole rings is 1. The molecular formula is C20H23N5O5S3. The Hall–Kier alpha value is -2.77. The molecule has 0 atom stereocenters. The average molecular weight is 510 g/mol. The highest BCUT2D eigenvalue weighted by molar-refractivity contribution is 7.99. The summed E-state index contributed by atoms with van der Waals surface area (Å²) < 4.78 is 32.0.